The third kappa shape index (κ3) is 3.66. The number of pyridine rings is 1. The molecule has 49 heavy (non-hydrogen) atoms. The summed E-state index contributed by atoms with van der Waals surface area (Å²) in [6, 6.07) is 47.8. The zero-order chi connectivity index (χ0) is 32.1. The lowest BCUT2D eigenvalue weighted by Crippen LogP contribution is -1.99. The highest BCUT2D eigenvalue weighted by atomic mass is 15.1. The van der Waals surface area contributed by atoms with Gasteiger partial charge in [-0.15, -0.1) is 0 Å². The lowest BCUT2D eigenvalue weighted by molar-refractivity contribution is 1.11. The largest absolute Gasteiger partial charge is 0.347 e. The number of aromatic amines is 1. The van der Waals surface area contributed by atoms with Crippen LogP contribution in [0.5, 0.6) is 0 Å². The highest BCUT2D eigenvalue weighted by Crippen LogP contribution is 2.38. The van der Waals surface area contributed by atoms with Gasteiger partial charge in [0, 0.05) is 56.4 Å². The number of para-hydroxylation sites is 2. The summed E-state index contributed by atoms with van der Waals surface area (Å²) in [5.74, 6) is 0. The topological polar surface area (TPSA) is 57.6 Å². The molecule has 0 spiro atoms. The van der Waals surface area contributed by atoms with Gasteiger partial charge in [0.05, 0.1) is 22.1 Å². The molecule has 5 aromatic carbocycles. The molecule has 6 nitrogen and oxygen atoms in total. The Bertz CT molecular complexity index is 3020. The SMILES string of the molecule is C1=[N+]=Cc2c1c1cc(-n3c4ccc(-c5ccc6c(c5)c5cc[nH]c5n6-c5ccccc5)cc4c4cccnc43)ccc1n2-c1ccccc1. The maximum Gasteiger partial charge on any atom is 0.317 e. The summed E-state index contributed by atoms with van der Waals surface area (Å²) in [5, 5.41) is 5.92. The fourth-order valence-corrected chi connectivity index (χ4v) is 7.90. The molecule has 0 atom stereocenters. The van der Waals surface area contributed by atoms with Crippen molar-refractivity contribution < 1.29 is 0 Å². The van der Waals surface area contributed by atoms with E-state index in [-0.39, 0.29) is 0 Å². The lowest BCUT2D eigenvalue weighted by Gasteiger charge is -2.10. The van der Waals surface area contributed by atoms with Crippen LogP contribution in [0.3, 0.4) is 0 Å². The molecule has 0 fully saturated rings. The minimum atomic E-state index is 0.942. The first-order valence-corrected chi connectivity index (χ1v) is 16.5. The van der Waals surface area contributed by atoms with Crippen molar-refractivity contribution in [3.63, 3.8) is 0 Å². The summed E-state index contributed by atoms with van der Waals surface area (Å²) in [7, 11) is 0. The van der Waals surface area contributed by atoms with E-state index < -0.39 is 0 Å². The fraction of sp³-hybridized carbons (Fsp3) is 0. The van der Waals surface area contributed by atoms with E-state index in [4.69, 9.17) is 4.98 Å². The first-order chi connectivity index (χ1) is 24.3. The van der Waals surface area contributed by atoms with E-state index in [1.54, 1.807) is 0 Å². The van der Waals surface area contributed by atoms with Crippen molar-refractivity contribution in [2.75, 3.05) is 0 Å². The molecular weight excluding hydrogens is 601 g/mol. The maximum atomic E-state index is 4.92. The van der Waals surface area contributed by atoms with E-state index in [0.29, 0.717) is 0 Å². The minimum absolute atomic E-state index is 0.942. The summed E-state index contributed by atoms with van der Waals surface area (Å²) in [4.78, 5) is 8.40. The second-order valence-corrected chi connectivity index (χ2v) is 12.7. The van der Waals surface area contributed by atoms with Gasteiger partial charge in [-0.3, -0.25) is 9.13 Å². The Morgan fingerprint density at radius 1 is 0.490 bits per heavy atom. The number of fused-ring (bicyclic) bond motifs is 9. The van der Waals surface area contributed by atoms with Gasteiger partial charge in [0.25, 0.3) is 0 Å². The number of nitrogens with zero attached hydrogens (tertiary/aromatic N) is 5. The van der Waals surface area contributed by atoms with E-state index in [1.165, 1.54) is 38.2 Å². The molecule has 10 aromatic rings. The van der Waals surface area contributed by atoms with Gasteiger partial charge < -0.3 is 9.55 Å². The van der Waals surface area contributed by atoms with Gasteiger partial charge >= 0.3 is 12.4 Å². The van der Waals surface area contributed by atoms with Gasteiger partial charge in [-0.1, -0.05) is 53.2 Å². The van der Waals surface area contributed by atoms with Crippen molar-refractivity contribution in [3.05, 3.63) is 157 Å². The predicted octanol–water partition coefficient (Wildman–Crippen LogP) is 9.13. The van der Waals surface area contributed by atoms with Crippen molar-refractivity contribution in [3.8, 4) is 28.2 Å². The average molecular weight is 628 g/mol. The van der Waals surface area contributed by atoms with Crippen LogP contribution in [0.25, 0.3) is 83.0 Å². The first kappa shape index (κ1) is 26.2. The monoisotopic (exact) mass is 627 g/mol. The van der Waals surface area contributed by atoms with E-state index in [2.05, 4.69) is 151 Å². The third-order valence-corrected chi connectivity index (χ3v) is 10.1. The van der Waals surface area contributed by atoms with Crippen molar-refractivity contribution in [2.24, 2.45) is 0 Å². The molecular formula is C43H27N6+. The number of H-pyrrole nitrogens is 1. The molecule has 11 rings (SSSR count). The fourth-order valence-electron chi connectivity index (χ4n) is 7.90. The van der Waals surface area contributed by atoms with E-state index in [0.717, 1.165) is 56.0 Å². The van der Waals surface area contributed by atoms with Crippen LogP contribution < -0.4 is 4.67 Å². The Morgan fingerprint density at radius 3 is 1.94 bits per heavy atom. The number of hydrogen-bond donors (Lipinski definition) is 1. The van der Waals surface area contributed by atoms with Gasteiger partial charge in [-0.25, -0.2) is 4.98 Å². The summed E-state index contributed by atoms with van der Waals surface area (Å²) in [6.45, 7) is 0. The summed E-state index contributed by atoms with van der Waals surface area (Å²) < 4.78 is 11.4. The number of benzene rings is 5. The van der Waals surface area contributed by atoms with Crippen LogP contribution in [0.2, 0.25) is 0 Å². The molecule has 0 saturated heterocycles. The van der Waals surface area contributed by atoms with Crippen LogP contribution >= 0.6 is 0 Å². The molecule has 6 heterocycles. The first-order valence-electron chi connectivity index (χ1n) is 16.5. The third-order valence-electron chi connectivity index (χ3n) is 10.1. The van der Waals surface area contributed by atoms with Crippen molar-refractivity contribution in [2.45, 2.75) is 0 Å². The lowest BCUT2D eigenvalue weighted by atomic mass is 10.0. The molecule has 1 aliphatic rings. The second kappa shape index (κ2) is 9.81. The summed E-state index contributed by atoms with van der Waals surface area (Å²) in [5.41, 5.74) is 13.5. The Balaban J connectivity index is 1.09. The highest BCUT2D eigenvalue weighted by Gasteiger charge is 2.25. The van der Waals surface area contributed by atoms with Gasteiger partial charge in [-0.05, 0) is 96.1 Å². The number of aromatic nitrogens is 5. The Kier molecular flexibility index (Phi) is 5.25. The van der Waals surface area contributed by atoms with E-state index in [1.807, 2.05) is 30.9 Å². The smallest absolute Gasteiger partial charge is 0.317 e. The Morgan fingerprint density at radius 2 is 1.16 bits per heavy atom. The summed E-state index contributed by atoms with van der Waals surface area (Å²) in [6.07, 6.45) is 7.84. The minimum Gasteiger partial charge on any atom is -0.347 e. The van der Waals surface area contributed by atoms with Gasteiger partial charge in [-0.2, -0.15) is 0 Å². The molecule has 0 aliphatic carbocycles. The van der Waals surface area contributed by atoms with Crippen LogP contribution in [0.15, 0.2) is 146 Å². The molecule has 0 unspecified atom stereocenters. The average Bonchev–Trinajstić information content (AvgIpc) is 3.98. The standard InChI is InChI=1S/C43H27N6/c1-3-8-29(9-4-1)47-38-18-15-31(24-36(38)37-25-44-26-41(37)47)49-40-17-14-27(22-34(40)32-12-7-20-45-42(32)49)28-13-16-39-35(23-28)33-19-21-46-43(33)48(39)30-10-5-2-6-11-30/h1-26,46H/q+1. The molecule has 5 aromatic heterocycles. The van der Waals surface area contributed by atoms with Gasteiger partial charge in [0.1, 0.15) is 17.0 Å². The predicted molar refractivity (Wildman–Crippen MR) is 202 cm³/mol. The molecule has 1 aliphatic heterocycles. The number of rotatable bonds is 4. The second-order valence-electron chi connectivity index (χ2n) is 12.7. The molecule has 6 heteroatoms. The summed E-state index contributed by atoms with van der Waals surface area (Å²) >= 11 is 0. The van der Waals surface area contributed by atoms with Crippen molar-refractivity contribution in [1.82, 2.24) is 28.3 Å². The molecule has 0 saturated carbocycles. The quantitative estimate of drug-likeness (QED) is 0.195. The van der Waals surface area contributed by atoms with E-state index in [9.17, 15) is 0 Å². The zero-order valence-electron chi connectivity index (χ0n) is 26.2. The van der Waals surface area contributed by atoms with Crippen molar-refractivity contribution >= 4 is 67.2 Å². The zero-order valence-corrected chi connectivity index (χ0v) is 26.2. The number of nitrogens with one attached hydrogen (secondary N) is 1. The van der Waals surface area contributed by atoms with Crippen LogP contribution in [0.1, 0.15) is 11.3 Å². The molecule has 0 radical (unpaired) electrons. The van der Waals surface area contributed by atoms with Crippen LogP contribution in [0.4, 0.5) is 0 Å². The maximum absolute atomic E-state index is 4.92. The van der Waals surface area contributed by atoms with Gasteiger partial charge in [0.2, 0.25) is 0 Å². The molecule has 0 bridgehead atoms. The van der Waals surface area contributed by atoms with Gasteiger partial charge in [0.15, 0.2) is 0 Å². The highest BCUT2D eigenvalue weighted by molar-refractivity contribution is 6.14. The van der Waals surface area contributed by atoms with Crippen molar-refractivity contribution in [1.29, 1.82) is 0 Å². The Labute approximate surface area is 280 Å². The van der Waals surface area contributed by atoms with E-state index >= 15 is 0 Å². The molecule has 228 valence electrons. The normalized spacial score (nSPS) is 12.4. The van der Waals surface area contributed by atoms with Crippen LogP contribution in [-0.4, -0.2) is 36.1 Å². The number of hydrogen-bond acceptors (Lipinski definition) is 1. The molecule has 1 N–H and O–H groups in total. The Hall–Kier alpha value is -6.88. The van der Waals surface area contributed by atoms with Crippen LogP contribution in [0, 0.1) is 0 Å². The molecule has 0 amide bonds. The van der Waals surface area contributed by atoms with Crippen LogP contribution in [-0.2, 0) is 0 Å².